The molecule has 3 rings (SSSR count). The first-order valence-electron chi connectivity index (χ1n) is 10.3. The Bertz CT molecular complexity index is 709. The Morgan fingerprint density at radius 2 is 1.82 bits per heavy atom. The number of hydrogen-bond donors (Lipinski definition) is 2. The maximum atomic E-state index is 12.8. The molecular weight excluding hydrogens is 354 g/mol. The van der Waals surface area contributed by atoms with Crippen molar-refractivity contribution in [1.29, 1.82) is 0 Å². The Balaban J connectivity index is 1.91. The molecule has 1 aliphatic heterocycles. The standard InChI is InChI=1S/C22H31N3O3/c1-3-28-21(26)19-18(15-25(2)17-13-9-4-5-10-14-17)23-22(27)24-20(19)16-11-7-6-8-12-16/h6-8,11-12,17,20H,3-5,9-10,13-15H2,1-2H3,(H2,23,24,27). The summed E-state index contributed by atoms with van der Waals surface area (Å²) < 4.78 is 5.34. The largest absolute Gasteiger partial charge is 0.463 e. The molecule has 0 saturated heterocycles. The first kappa shape index (κ1) is 20.4. The molecule has 0 bridgehead atoms. The molecule has 0 aromatic heterocycles. The summed E-state index contributed by atoms with van der Waals surface area (Å²) in [6.45, 7) is 2.61. The van der Waals surface area contributed by atoms with Crippen molar-refractivity contribution in [2.24, 2.45) is 0 Å². The average Bonchev–Trinajstić information content (AvgIpc) is 2.98. The minimum Gasteiger partial charge on any atom is -0.463 e. The monoisotopic (exact) mass is 385 g/mol. The fraction of sp³-hybridized carbons (Fsp3) is 0.545. The number of ether oxygens (including phenoxy) is 1. The second-order valence-electron chi connectivity index (χ2n) is 7.62. The zero-order valence-corrected chi connectivity index (χ0v) is 16.9. The van der Waals surface area contributed by atoms with Crippen LogP contribution in [0.3, 0.4) is 0 Å². The molecule has 2 aliphatic rings. The SMILES string of the molecule is CCOC(=O)C1=C(CN(C)C2CCCCCC2)NC(=O)NC1c1ccccc1. The van der Waals surface area contributed by atoms with Crippen molar-refractivity contribution in [2.75, 3.05) is 20.2 Å². The second-order valence-corrected chi connectivity index (χ2v) is 7.62. The Kier molecular flexibility index (Phi) is 7.09. The molecule has 1 heterocycles. The van der Waals surface area contributed by atoms with Crippen LogP contribution < -0.4 is 10.6 Å². The lowest BCUT2D eigenvalue weighted by Gasteiger charge is -2.33. The lowest BCUT2D eigenvalue weighted by atomic mass is 9.94. The molecular formula is C22H31N3O3. The number of esters is 1. The van der Waals surface area contributed by atoms with Crippen LogP contribution in [0.5, 0.6) is 0 Å². The number of amides is 2. The second kappa shape index (κ2) is 9.73. The molecule has 1 aromatic carbocycles. The number of urea groups is 1. The lowest BCUT2D eigenvalue weighted by molar-refractivity contribution is -0.139. The normalized spacial score (nSPS) is 21.1. The minimum atomic E-state index is -0.508. The van der Waals surface area contributed by atoms with Crippen LogP contribution in [0.25, 0.3) is 0 Å². The predicted octanol–water partition coefficient (Wildman–Crippen LogP) is 3.51. The van der Waals surface area contributed by atoms with E-state index in [4.69, 9.17) is 4.74 Å². The fourth-order valence-electron chi connectivity index (χ4n) is 4.17. The van der Waals surface area contributed by atoms with E-state index in [0.29, 0.717) is 30.5 Å². The number of nitrogens with zero attached hydrogens (tertiary/aromatic N) is 1. The number of carbonyl (C=O) groups is 2. The molecule has 28 heavy (non-hydrogen) atoms. The molecule has 0 radical (unpaired) electrons. The van der Waals surface area contributed by atoms with Crippen LogP contribution in [0.4, 0.5) is 4.79 Å². The van der Waals surface area contributed by atoms with Crippen molar-refractivity contribution < 1.29 is 14.3 Å². The summed E-state index contributed by atoms with van der Waals surface area (Å²) in [6, 6.07) is 9.25. The van der Waals surface area contributed by atoms with Gasteiger partial charge in [0, 0.05) is 18.3 Å². The van der Waals surface area contributed by atoms with Crippen LogP contribution in [0.2, 0.25) is 0 Å². The van der Waals surface area contributed by atoms with Crippen molar-refractivity contribution in [3.63, 3.8) is 0 Å². The minimum absolute atomic E-state index is 0.286. The van der Waals surface area contributed by atoms with E-state index in [-0.39, 0.29) is 12.0 Å². The van der Waals surface area contributed by atoms with Gasteiger partial charge < -0.3 is 15.4 Å². The van der Waals surface area contributed by atoms with Gasteiger partial charge in [-0.25, -0.2) is 9.59 Å². The van der Waals surface area contributed by atoms with Crippen LogP contribution in [0, 0.1) is 0 Å². The molecule has 152 valence electrons. The Hall–Kier alpha value is -2.34. The van der Waals surface area contributed by atoms with Gasteiger partial charge in [0.1, 0.15) is 0 Å². The van der Waals surface area contributed by atoms with Gasteiger partial charge in [-0.1, -0.05) is 56.0 Å². The van der Waals surface area contributed by atoms with Gasteiger partial charge in [-0.2, -0.15) is 0 Å². The number of hydrogen-bond acceptors (Lipinski definition) is 4. The van der Waals surface area contributed by atoms with E-state index in [1.807, 2.05) is 30.3 Å². The van der Waals surface area contributed by atoms with Gasteiger partial charge in [-0.3, -0.25) is 4.90 Å². The maximum Gasteiger partial charge on any atom is 0.338 e. The molecule has 1 aliphatic carbocycles. The Morgan fingerprint density at radius 1 is 1.14 bits per heavy atom. The predicted molar refractivity (Wildman–Crippen MR) is 109 cm³/mol. The van der Waals surface area contributed by atoms with Gasteiger partial charge >= 0.3 is 12.0 Å². The lowest BCUT2D eigenvalue weighted by Crippen LogP contribution is -2.49. The molecule has 1 unspecified atom stereocenters. The quantitative estimate of drug-likeness (QED) is 0.581. The smallest absolute Gasteiger partial charge is 0.338 e. The molecule has 2 amide bonds. The fourth-order valence-corrected chi connectivity index (χ4v) is 4.17. The summed E-state index contributed by atoms with van der Waals surface area (Å²) in [6.07, 6.45) is 7.37. The molecule has 1 aromatic rings. The molecule has 6 heteroatoms. The topological polar surface area (TPSA) is 70.7 Å². The van der Waals surface area contributed by atoms with Crippen molar-refractivity contribution in [1.82, 2.24) is 15.5 Å². The molecule has 1 atom stereocenters. The van der Waals surface area contributed by atoms with E-state index < -0.39 is 6.04 Å². The first-order valence-corrected chi connectivity index (χ1v) is 10.3. The highest BCUT2D eigenvalue weighted by molar-refractivity contribution is 5.95. The molecule has 1 fully saturated rings. The highest BCUT2D eigenvalue weighted by Gasteiger charge is 2.34. The van der Waals surface area contributed by atoms with Crippen molar-refractivity contribution in [3.8, 4) is 0 Å². The summed E-state index contributed by atoms with van der Waals surface area (Å²) in [4.78, 5) is 27.5. The third-order valence-corrected chi connectivity index (χ3v) is 5.64. The summed E-state index contributed by atoms with van der Waals surface area (Å²) in [7, 11) is 2.08. The molecule has 6 nitrogen and oxygen atoms in total. The maximum absolute atomic E-state index is 12.8. The molecule has 0 spiro atoms. The van der Waals surface area contributed by atoms with Crippen LogP contribution in [-0.4, -0.2) is 43.1 Å². The highest BCUT2D eigenvalue weighted by atomic mass is 16.5. The highest BCUT2D eigenvalue weighted by Crippen LogP contribution is 2.29. The van der Waals surface area contributed by atoms with Crippen LogP contribution in [-0.2, 0) is 9.53 Å². The van der Waals surface area contributed by atoms with Crippen LogP contribution in [0.15, 0.2) is 41.6 Å². The van der Waals surface area contributed by atoms with Gasteiger partial charge in [0.25, 0.3) is 0 Å². The average molecular weight is 386 g/mol. The van der Waals surface area contributed by atoms with E-state index in [2.05, 4.69) is 22.6 Å². The summed E-state index contributed by atoms with van der Waals surface area (Å²) in [5.74, 6) is -0.381. The number of likely N-dealkylation sites (N-methyl/N-ethyl adjacent to an activating group) is 1. The third-order valence-electron chi connectivity index (χ3n) is 5.64. The van der Waals surface area contributed by atoms with E-state index in [0.717, 1.165) is 18.4 Å². The zero-order valence-electron chi connectivity index (χ0n) is 16.9. The van der Waals surface area contributed by atoms with Gasteiger partial charge in [0.2, 0.25) is 0 Å². The number of carbonyl (C=O) groups excluding carboxylic acids is 2. The van der Waals surface area contributed by atoms with Gasteiger partial charge in [-0.05, 0) is 32.4 Å². The van der Waals surface area contributed by atoms with Gasteiger partial charge in [0.05, 0.1) is 18.2 Å². The number of rotatable bonds is 6. The summed E-state index contributed by atoms with van der Waals surface area (Å²) in [5, 5.41) is 5.77. The zero-order chi connectivity index (χ0) is 19.9. The third kappa shape index (κ3) is 4.93. The van der Waals surface area contributed by atoms with Crippen LogP contribution in [0.1, 0.15) is 57.1 Å². The first-order chi connectivity index (χ1) is 13.6. The van der Waals surface area contributed by atoms with E-state index in [1.54, 1.807) is 6.92 Å². The van der Waals surface area contributed by atoms with E-state index in [1.165, 1.54) is 25.7 Å². The number of nitrogens with one attached hydrogen (secondary N) is 2. The van der Waals surface area contributed by atoms with E-state index in [9.17, 15) is 9.59 Å². The summed E-state index contributed by atoms with van der Waals surface area (Å²) >= 11 is 0. The van der Waals surface area contributed by atoms with Gasteiger partial charge in [-0.15, -0.1) is 0 Å². The van der Waals surface area contributed by atoms with Crippen molar-refractivity contribution in [2.45, 2.75) is 57.5 Å². The van der Waals surface area contributed by atoms with Crippen molar-refractivity contribution >= 4 is 12.0 Å². The Labute approximate surface area is 167 Å². The Morgan fingerprint density at radius 3 is 2.46 bits per heavy atom. The van der Waals surface area contributed by atoms with E-state index >= 15 is 0 Å². The molecule has 2 N–H and O–H groups in total. The van der Waals surface area contributed by atoms with Crippen molar-refractivity contribution in [3.05, 3.63) is 47.2 Å². The molecule has 1 saturated carbocycles. The van der Waals surface area contributed by atoms with Crippen LogP contribution >= 0.6 is 0 Å². The van der Waals surface area contributed by atoms with Gasteiger partial charge in [0.15, 0.2) is 0 Å². The summed E-state index contributed by atoms with van der Waals surface area (Å²) in [5.41, 5.74) is 2.01. The number of benzene rings is 1.